The van der Waals surface area contributed by atoms with Crippen molar-refractivity contribution in [2.45, 2.75) is 38.7 Å². The fourth-order valence-corrected chi connectivity index (χ4v) is 5.51. The van der Waals surface area contributed by atoms with Crippen molar-refractivity contribution in [3.63, 3.8) is 0 Å². The first-order valence-electron chi connectivity index (χ1n) is 14.1. The number of ether oxygens (including phenoxy) is 1. The van der Waals surface area contributed by atoms with E-state index in [1.54, 1.807) is 0 Å². The number of benzene rings is 2. The Morgan fingerprint density at radius 3 is 2.41 bits per heavy atom. The molecule has 41 heavy (non-hydrogen) atoms. The maximum absolute atomic E-state index is 13.2. The molecule has 0 saturated carbocycles. The number of aromatic nitrogens is 5. The number of hydrogen-bond acceptors (Lipinski definition) is 8. The lowest BCUT2D eigenvalue weighted by molar-refractivity contribution is -0.141. The van der Waals surface area contributed by atoms with E-state index < -0.39 is 0 Å². The molecule has 2 aliphatic rings. The molecule has 0 bridgehead atoms. The second kappa shape index (κ2) is 12.0. The average Bonchev–Trinajstić information content (AvgIpc) is 3.73. The van der Waals surface area contributed by atoms with E-state index in [1.807, 2.05) is 72.5 Å². The van der Waals surface area contributed by atoms with Crippen LogP contribution in [-0.4, -0.2) is 81.1 Å². The Kier molecular flexibility index (Phi) is 7.82. The van der Waals surface area contributed by atoms with Crippen molar-refractivity contribution in [3.8, 4) is 22.6 Å². The number of nitrogens with zero attached hydrogens (tertiary/aromatic N) is 6. The molecule has 4 aromatic rings. The molecule has 10 nitrogen and oxygen atoms in total. The summed E-state index contributed by atoms with van der Waals surface area (Å²) in [6.45, 7) is 5.20. The van der Waals surface area contributed by atoms with Gasteiger partial charge in [0.05, 0.1) is 5.69 Å². The van der Waals surface area contributed by atoms with E-state index in [4.69, 9.17) is 9.72 Å². The first kappa shape index (κ1) is 26.8. The Labute approximate surface area is 238 Å². The Balaban J connectivity index is 1.27. The van der Waals surface area contributed by atoms with Crippen molar-refractivity contribution in [2.24, 2.45) is 0 Å². The van der Waals surface area contributed by atoms with Gasteiger partial charge in [0.2, 0.25) is 5.82 Å². The molecule has 0 aliphatic carbocycles. The molecule has 0 spiro atoms. The summed E-state index contributed by atoms with van der Waals surface area (Å²) in [6.07, 6.45) is 2.08. The van der Waals surface area contributed by atoms with Gasteiger partial charge in [-0.1, -0.05) is 54.1 Å². The molecule has 1 N–H and O–H groups in total. The van der Waals surface area contributed by atoms with Gasteiger partial charge in [0.1, 0.15) is 17.7 Å². The van der Waals surface area contributed by atoms with Gasteiger partial charge in [-0.3, -0.25) is 9.59 Å². The molecule has 1 atom stereocenters. The van der Waals surface area contributed by atoms with E-state index >= 15 is 0 Å². The number of Topliss-reactive ketones (excluding diaryl/α,β-unsaturated/α-hetero) is 1. The zero-order valence-corrected chi connectivity index (χ0v) is 23.1. The van der Waals surface area contributed by atoms with Crippen molar-refractivity contribution < 1.29 is 14.3 Å². The highest BCUT2D eigenvalue weighted by Crippen LogP contribution is 2.31. The minimum atomic E-state index is -0.309. The molecule has 2 aromatic heterocycles. The Morgan fingerprint density at radius 1 is 0.951 bits per heavy atom. The van der Waals surface area contributed by atoms with Gasteiger partial charge >= 0.3 is 0 Å². The van der Waals surface area contributed by atoms with E-state index in [1.165, 1.54) is 5.56 Å². The van der Waals surface area contributed by atoms with Crippen molar-refractivity contribution in [3.05, 3.63) is 77.4 Å². The number of hydrogen-bond donors (Lipinski definition) is 1. The average molecular weight is 552 g/mol. The predicted molar refractivity (Wildman–Crippen MR) is 154 cm³/mol. The number of nitrogens with one attached hydrogen (secondary N) is 1. The molecule has 1 amide bonds. The number of carbonyl (C=O) groups excluding carboxylic acids is 2. The quantitative estimate of drug-likeness (QED) is 0.354. The van der Waals surface area contributed by atoms with Gasteiger partial charge in [0.15, 0.2) is 0 Å². The van der Waals surface area contributed by atoms with E-state index in [9.17, 15) is 9.59 Å². The standard InChI is InChI=1S/C31H33N7O3/c1-21-8-10-22(11-9-21)17-24(39)18-23-19-27(25-5-2-3-6-26(25)30-33-35-36-34-30)32-29(20-23)37-12-14-38(15-13-37)31(40)28-7-4-16-41-28/h2-3,5-6,8-11,19-20,28H,4,7,12-18H2,1H3,(H,33,34,35,36). The van der Waals surface area contributed by atoms with Crippen LogP contribution in [0.5, 0.6) is 0 Å². The number of aryl methyl sites for hydroxylation is 1. The Morgan fingerprint density at radius 2 is 1.71 bits per heavy atom. The van der Waals surface area contributed by atoms with Gasteiger partial charge in [0.25, 0.3) is 5.91 Å². The molecule has 1 unspecified atom stereocenters. The zero-order valence-electron chi connectivity index (χ0n) is 23.1. The summed E-state index contributed by atoms with van der Waals surface area (Å²) >= 11 is 0. The molecular weight excluding hydrogens is 518 g/mol. The van der Waals surface area contributed by atoms with Gasteiger partial charge in [0, 0.05) is 56.8 Å². The summed E-state index contributed by atoms with van der Waals surface area (Å²) in [6, 6.07) is 19.9. The van der Waals surface area contributed by atoms with Crippen LogP contribution in [0.4, 0.5) is 5.82 Å². The summed E-state index contributed by atoms with van der Waals surface area (Å²) in [5.41, 5.74) is 5.46. The minimum absolute atomic E-state index is 0.0836. The number of carbonyl (C=O) groups is 2. The zero-order chi connectivity index (χ0) is 28.2. The van der Waals surface area contributed by atoms with Gasteiger partial charge in [-0.25, -0.2) is 4.98 Å². The third kappa shape index (κ3) is 6.17. The molecule has 2 fully saturated rings. The van der Waals surface area contributed by atoms with Crippen LogP contribution < -0.4 is 4.90 Å². The smallest absolute Gasteiger partial charge is 0.251 e. The number of ketones is 1. The van der Waals surface area contributed by atoms with Crippen LogP contribution in [0, 0.1) is 6.92 Å². The van der Waals surface area contributed by atoms with Gasteiger partial charge in [-0.2, -0.15) is 5.21 Å². The van der Waals surface area contributed by atoms with Crippen LogP contribution in [0.15, 0.2) is 60.7 Å². The third-order valence-electron chi connectivity index (χ3n) is 7.70. The number of aromatic amines is 1. The third-order valence-corrected chi connectivity index (χ3v) is 7.70. The summed E-state index contributed by atoms with van der Waals surface area (Å²) < 4.78 is 5.62. The largest absolute Gasteiger partial charge is 0.368 e. The summed E-state index contributed by atoms with van der Waals surface area (Å²) in [7, 11) is 0. The highest BCUT2D eigenvalue weighted by atomic mass is 16.5. The number of pyridine rings is 1. The van der Waals surface area contributed by atoms with Gasteiger partial charge in [-0.15, -0.1) is 10.2 Å². The lowest BCUT2D eigenvalue weighted by Crippen LogP contribution is -2.51. The van der Waals surface area contributed by atoms with Crippen molar-refractivity contribution in [1.29, 1.82) is 0 Å². The maximum Gasteiger partial charge on any atom is 0.251 e. The summed E-state index contributed by atoms with van der Waals surface area (Å²) in [4.78, 5) is 35.2. The molecule has 0 radical (unpaired) electrons. The normalized spacial score (nSPS) is 17.1. The van der Waals surface area contributed by atoms with Gasteiger partial charge in [-0.05, 0) is 48.2 Å². The van der Waals surface area contributed by atoms with Crippen LogP contribution in [0.2, 0.25) is 0 Å². The van der Waals surface area contributed by atoms with Crippen LogP contribution in [0.1, 0.15) is 29.5 Å². The monoisotopic (exact) mass is 551 g/mol. The van der Waals surface area contributed by atoms with Crippen molar-refractivity contribution >= 4 is 17.5 Å². The molecule has 10 heteroatoms. The number of H-pyrrole nitrogens is 1. The van der Waals surface area contributed by atoms with E-state index in [0.29, 0.717) is 45.0 Å². The molecule has 2 aliphatic heterocycles. The second-order valence-corrected chi connectivity index (χ2v) is 10.7. The fourth-order valence-electron chi connectivity index (χ4n) is 5.51. The number of amides is 1. The van der Waals surface area contributed by atoms with E-state index in [-0.39, 0.29) is 24.2 Å². The van der Waals surface area contributed by atoms with Crippen molar-refractivity contribution in [1.82, 2.24) is 30.5 Å². The first-order chi connectivity index (χ1) is 20.0. The molecule has 210 valence electrons. The summed E-state index contributed by atoms with van der Waals surface area (Å²) in [5.74, 6) is 1.48. The first-order valence-corrected chi connectivity index (χ1v) is 14.1. The highest BCUT2D eigenvalue weighted by molar-refractivity contribution is 5.85. The molecule has 2 saturated heterocycles. The van der Waals surface area contributed by atoms with Crippen LogP contribution in [-0.2, 0) is 27.2 Å². The number of piperazine rings is 1. The molecular formula is C31H33N7O3. The lowest BCUT2D eigenvalue weighted by atomic mass is 9.98. The van der Waals surface area contributed by atoms with E-state index in [2.05, 4.69) is 25.5 Å². The fraction of sp³-hybridized carbons (Fsp3) is 0.355. The van der Waals surface area contributed by atoms with Gasteiger partial charge < -0.3 is 14.5 Å². The lowest BCUT2D eigenvalue weighted by Gasteiger charge is -2.36. The van der Waals surface area contributed by atoms with E-state index in [0.717, 1.165) is 46.6 Å². The Hall–Kier alpha value is -4.44. The second-order valence-electron chi connectivity index (χ2n) is 10.7. The Bertz CT molecular complexity index is 1510. The predicted octanol–water partition coefficient (Wildman–Crippen LogP) is 3.42. The van der Waals surface area contributed by atoms with Crippen LogP contribution >= 0.6 is 0 Å². The molecule has 6 rings (SSSR count). The van der Waals surface area contributed by atoms with Crippen LogP contribution in [0.3, 0.4) is 0 Å². The molecule has 2 aromatic carbocycles. The summed E-state index contributed by atoms with van der Waals surface area (Å²) in [5, 5.41) is 14.6. The number of anilines is 1. The molecule has 4 heterocycles. The topological polar surface area (TPSA) is 117 Å². The highest BCUT2D eigenvalue weighted by Gasteiger charge is 2.31. The van der Waals surface area contributed by atoms with Crippen LogP contribution in [0.25, 0.3) is 22.6 Å². The maximum atomic E-state index is 13.2. The SMILES string of the molecule is Cc1ccc(CC(=O)Cc2cc(-c3ccccc3-c3nn[nH]n3)nc(N3CCN(C(=O)C4CCCO4)CC3)c2)cc1. The number of rotatable bonds is 8. The number of tetrazole rings is 1. The minimum Gasteiger partial charge on any atom is -0.368 e. The van der Waals surface area contributed by atoms with Crippen molar-refractivity contribution in [2.75, 3.05) is 37.7 Å².